The highest BCUT2D eigenvalue weighted by Gasteiger charge is 2.27. The molecule has 3 aromatic carbocycles. The molecule has 5 nitrogen and oxygen atoms in total. The van der Waals surface area contributed by atoms with Crippen LogP contribution < -0.4 is 5.43 Å². The van der Waals surface area contributed by atoms with Gasteiger partial charge in [-0.2, -0.15) is 5.10 Å². The first kappa shape index (κ1) is 17.2. The molecule has 0 saturated heterocycles. The molecule has 0 amide bonds. The number of nitrogens with one attached hydrogen (secondary N) is 1. The Morgan fingerprint density at radius 1 is 0.963 bits per heavy atom. The Bertz CT molecular complexity index is 1060. The molecule has 0 atom stereocenters. The van der Waals surface area contributed by atoms with Crippen LogP contribution in [0, 0.1) is 0 Å². The summed E-state index contributed by atoms with van der Waals surface area (Å²) in [6.45, 7) is 0. The number of phenols is 2. The minimum absolute atomic E-state index is 0.0797. The lowest BCUT2D eigenvalue weighted by Crippen LogP contribution is -2.06. The van der Waals surface area contributed by atoms with E-state index in [1.165, 1.54) is 23.9 Å². The van der Waals surface area contributed by atoms with E-state index in [1.807, 2.05) is 42.5 Å². The maximum absolute atomic E-state index is 12.4. The van der Waals surface area contributed by atoms with Crippen LogP contribution in [0.25, 0.3) is 0 Å². The zero-order valence-electron chi connectivity index (χ0n) is 14.2. The van der Waals surface area contributed by atoms with Crippen LogP contribution in [0.15, 0.2) is 76.7 Å². The van der Waals surface area contributed by atoms with Gasteiger partial charge in [-0.15, -0.1) is 0 Å². The Kier molecular flexibility index (Phi) is 4.56. The Hall–Kier alpha value is -3.25. The van der Waals surface area contributed by atoms with Crippen LogP contribution in [0.4, 0.5) is 5.69 Å². The Labute approximate surface area is 160 Å². The van der Waals surface area contributed by atoms with Crippen molar-refractivity contribution in [3.8, 4) is 11.5 Å². The van der Waals surface area contributed by atoms with Gasteiger partial charge in [-0.25, -0.2) is 0 Å². The number of benzene rings is 3. The van der Waals surface area contributed by atoms with E-state index in [0.29, 0.717) is 22.6 Å². The monoisotopic (exact) mass is 376 g/mol. The molecule has 1 aliphatic heterocycles. The van der Waals surface area contributed by atoms with Crippen molar-refractivity contribution in [1.82, 2.24) is 0 Å². The van der Waals surface area contributed by atoms with Crippen molar-refractivity contribution in [2.45, 2.75) is 11.3 Å². The molecule has 0 fully saturated rings. The van der Waals surface area contributed by atoms with Crippen LogP contribution in [0.5, 0.6) is 11.5 Å². The number of nitrogens with zero attached hydrogens (tertiary/aromatic N) is 1. The largest absolute Gasteiger partial charge is 0.508 e. The van der Waals surface area contributed by atoms with E-state index in [9.17, 15) is 15.0 Å². The van der Waals surface area contributed by atoms with Gasteiger partial charge in [-0.05, 0) is 48.0 Å². The highest BCUT2D eigenvalue weighted by atomic mass is 32.2. The number of thioether (sulfide) groups is 1. The van der Waals surface area contributed by atoms with Crippen LogP contribution in [0.2, 0.25) is 0 Å². The van der Waals surface area contributed by atoms with E-state index in [-0.39, 0.29) is 17.3 Å². The van der Waals surface area contributed by atoms with Gasteiger partial charge >= 0.3 is 0 Å². The molecule has 0 bridgehead atoms. The molecule has 0 aliphatic carbocycles. The molecule has 3 N–H and O–H groups in total. The first-order chi connectivity index (χ1) is 13.1. The number of hydrogen-bond acceptors (Lipinski definition) is 6. The van der Waals surface area contributed by atoms with Crippen LogP contribution in [0.3, 0.4) is 0 Å². The maximum atomic E-state index is 12.4. The van der Waals surface area contributed by atoms with Crippen molar-refractivity contribution in [1.29, 1.82) is 0 Å². The summed E-state index contributed by atoms with van der Waals surface area (Å²) in [7, 11) is 0. The molecule has 134 valence electrons. The summed E-state index contributed by atoms with van der Waals surface area (Å²) in [6.07, 6.45) is 0.464. The number of anilines is 1. The number of carbonyl (C=O) groups excluding carboxylic acids is 1. The number of rotatable bonds is 4. The molecule has 1 aliphatic rings. The summed E-state index contributed by atoms with van der Waals surface area (Å²) in [5.74, 6) is 0.167. The number of carbonyl (C=O) groups is 1. The lowest BCUT2D eigenvalue weighted by molar-refractivity contribution is 0.106. The number of Topliss-reactive ketones (excluding diaryl/α,β-unsaturated/α-hetero) is 1. The van der Waals surface area contributed by atoms with Gasteiger partial charge in [0, 0.05) is 22.4 Å². The van der Waals surface area contributed by atoms with Crippen molar-refractivity contribution in [3.63, 3.8) is 0 Å². The van der Waals surface area contributed by atoms with Gasteiger partial charge in [0.25, 0.3) is 0 Å². The first-order valence-electron chi connectivity index (χ1n) is 8.35. The second kappa shape index (κ2) is 7.17. The second-order valence-electron chi connectivity index (χ2n) is 6.15. The van der Waals surface area contributed by atoms with Gasteiger partial charge in [0.05, 0.1) is 5.69 Å². The van der Waals surface area contributed by atoms with Gasteiger partial charge in [0.15, 0.2) is 5.04 Å². The van der Waals surface area contributed by atoms with Crippen molar-refractivity contribution in [3.05, 3.63) is 83.4 Å². The maximum Gasteiger partial charge on any atom is 0.221 e. The van der Waals surface area contributed by atoms with Crippen molar-refractivity contribution in [2.75, 3.05) is 5.43 Å². The summed E-state index contributed by atoms with van der Waals surface area (Å²) < 4.78 is 0. The molecular formula is C21H16N2O3S. The quantitative estimate of drug-likeness (QED) is 0.464. The van der Waals surface area contributed by atoms with Crippen molar-refractivity contribution in [2.24, 2.45) is 5.10 Å². The van der Waals surface area contributed by atoms with E-state index in [0.717, 1.165) is 16.1 Å². The van der Waals surface area contributed by atoms with Crippen LogP contribution in [0.1, 0.15) is 21.5 Å². The lowest BCUT2D eigenvalue weighted by atomic mass is 10.0. The fraction of sp³-hybridized carbons (Fsp3) is 0.0476. The van der Waals surface area contributed by atoms with E-state index >= 15 is 0 Å². The number of phenolic OH excluding ortho intramolecular Hbond substituents is 2. The second-order valence-corrected chi connectivity index (χ2v) is 7.18. The molecule has 1 heterocycles. The van der Waals surface area contributed by atoms with Crippen LogP contribution >= 0.6 is 11.8 Å². The van der Waals surface area contributed by atoms with Gasteiger partial charge in [-0.3, -0.25) is 10.2 Å². The van der Waals surface area contributed by atoms with E-state index < -0.39 is 0 Å². The Morgan fingerprint density at radius 3 is 2.67 bits per heavy atom. The highest BCUT2D eigenvalue weighted by molar-refractivity contribution is 8.16. The fourth-order valence-electron chi connectivity index (χ4n) is 2.88. The third-order valence-corrected chi connectivity index (χ3v) is 5.25. The minimum Gasteiger partial charge on any atom is -0.508 e. The van der Waals surface area contributed by atoms with Crippen LogP contribution in [-0.2, 0) is 6.42 Å². The molecule has 0 radical (unpaired) electrons. The lowest BCUT2D eigenvalue weighted by Gasteiger charge is -2.08. The molecule has 0 spiro atoms. The van der Waals surface area contributed by atoms with E-state index in [2.05, 4.69) is 10.5 Å². The van der Waals surface area contributed by atoms with Gasteiger partial charge < -0.3 is 10.2 Å². The smallest absolute Gasteiger partial charge is 0.221 e. The van der Waals surface area contributed by atoms with Gasteiger partial charge in [0.1, 0.15) is 11.5 Å². The third-order valence-electron chi connectivity index (χ3n) is 4.20. The molecule has 0 saturated carbocycles. The fourth-order valence-corrected chi connectivity index (χ4v) is 3.80. The number of fused-ring (bicyclic) bond motifs is 1. The van der Waals surface area contributed by atoms with Crippen molar-refractivity contribution < 1.29 is 15.0 Å². The standard InChI is InChI=1S/C21H16N2O3S/c24-16-8-9-18(25)14(12-16)10-13-4-3-5-15(11-13)22-23-21-20(26)17-6-1-2-7-19(17)27-21/h1-9,11-12,22,24-25H,10H2. The Morgan fingerprint density at radius 2 is 1.81 bits per heavy atom. The molecule has 6 heteroatoms. The number of hydrazone groups is 1. The Balaban J connectivity index is 1.51. The highest BCUT2D eigenvalue weighted by Crippen LogP contribution is 2.33. The minimum atomic E-state index is -0.0797. The summed E-state index contributed by atoms with van der Waals surface area (Å²) >= 11 is 1.35. The predicted molar refractivity (Wildman–Crippen MR) is 107 cm³/mol. The number of aromatic hydroxyl groups is 2. The SMILES string of the molecule is O=C1C(=NNc2cccc(Cc3cc(O)ccc3O)c2)Sc2ccccc21. The zero-order valence-corrected chi connectivity index (χ0v) is 15.0. The van der Waals surface area contributed by atoms with Crippen molar-refractivity contribution >= 4 is 28.3 Å². The normalized spacial score (nSPS) is 14.4. The average Bonchev–Trinajstić information content (AvgIpc) is 3.00. The topological polar surface area (TPSA) is 81.9 Å². The zero-order chi connectivity index (χ0) is 18.8. The average molecular weight is 376 g/mol. The molecular weight excluding hydrogens is 360 g/mol. The van der Waals surface area contributed by atoms with Crippen LogP contribution in [-0.4, -0.2) is 21.0 Å². The summed E-state index contributed by atoms with van der Waals surface area (Å²) in [6, 6.07) is 19.4. The first-order valence-corrected chi connectivity index (χ1v) is 9.17. The molecule has 0 aromatic heterocycles. The number of hydrogen-bond donors (Lipinski definition) is 3. The molecule has 3 aromatic rings. The molecule has 0 unspecified atom stereocenters. The molecule has 27 heavy (non-hydrogen) atoms. The van der Waals surface area contributed by atoms with Gasteiger partial charge in [-0.1, -0.05) is 36.0 Å². The van der Waals surface area contributed by atoms with E-state index in [4.69, 9.17) is 0 Å². The van der Waals surface area contributed by atoms with Gasteiger partial charge in [0.2, 0.25) is 5.78 Å². The summed E-state index contributed by atoms with van der Waals surface area (Å²) in [5, 5.41) is 24.2. The predicted octanol–water partition coefficient (Wildman–Crippen LogP) is 4.40. The van der Waals surface area contributed by atoms with E-state index in [1.54, 1.807) is 12.1 Å². The molecule has 4 rings (SSSR count). The number of ketones is 1. The third kappa shape index (κ3) is 3.66. The summed E-state index contributed by atoms with van der Waals surface area (Å²) in [4.78, 5) is 13.3. The summed E-state index contributed by atoms with van der Waals surface area (Å²) in [5.41, 5.74) is 5.93.